The number of anilines is 1. The molecule has 3 N–H and O–H groups in total. The number of rotatable bonds is 16. The van der Waals surface area contributed by atoms with E-state index in [2.05, 4.69) is 26.0 Å². The number of halogens is 1. The van der Waals surface area contributed by atoms with Crippen LogP contribution in [0.25, 0.3) is 11.3 Å². The normalized spacial score (nSPS) is 17.2. The van der Waals surface area contributed by atoms with Crippen molar-refractivity contribution < 1.29 is 23.9 Å². The molecule has 0 spiro atoms. The monoisotopic (exact) mass is 736 g/mol. The maximum absolute atomic E-state index is 13.4. The van der Waals surface area contributed by atoms with E-state index in [1.54, 1.807) is 11.1 Å². The maximum Gasteiger partial charge on any atom is 0.410 e. The van der Waals surface area contributed by atoms with Gasteiger partial charge in [-0.3, -0.25) is 14.4 Å². The molecule has 0 unspecified atom stereocenters. The van der Waals surface area contributed by atoms with Crippen molar-refractivity contribution in [2.24, 2.45) is 13.0 Å². The Morgan fingerprint density at radius 1 is 0.962 bits per heavy atom. The van der Waals surface area contributed by atoms with Crippen LogP contribution < -0.4 is 16.0 Å². The molecule has 0 aliphatic heterocycles. The van der Waals surface area contributed by atoms with Gasteiger partial charge in [0, 0.05) is 43.5 Å². The molecule has 2 heterocycles. The number of benzene rings is 1. The molecule has 3 aromatic rings. The van der Waals surface area contributed by atoms with Gasteiger partial charge in [0.1, 0.15) is 18.8 Å². The number of unbranched alkanes of at least 4 members (excludes halogenated alkanes) is 2. The lowest BCUT2D eigenvalue weighted by Crippen LogP contribution is -2.48. The van der Waals surface area contributed by atoms with E-state index in [0.717, 1.165) is 55.3 Å². The number of nitrogens with zero attached hydrogens (tertiary/aromatic N) is 5. The fourth-order valence-corrected chi connectivity index (χ4v) is 6.55. The molecule has 2 aromatic heterocycles. The largest absolute Gasteiger partial charge is 0.445 e. The lowest BCUT2D eigenvalue weighted by molar-refractivity contribution is -0.122. The van der Waals surface area contributed by atoms with Crippen LogP contribution >= 0.6 is 11.6 Å². The average molecular weight is 737 g/mol. The lowest BCUT2D eigenvalue weighted by Gasteiger charge is -2.36. The molecule has 1 aromatic carbocycles. The summed E-state index contributed by atoms with van der Waals surface area (Å²) in [5.41, 5.74) is 3.08. The van der Waals surface area contributed by atoms with Gasteiger partial charge in [0.2, 0.25) is 11.9 Å². The van der Waals surface area contributed by atoms with Crippen molar-refractivity contribution in [3.63, 3.8) is 0 Å². The first-order valence-corrected chi connectivity index (χ1v) is 18.8. The fourth-order valence-electron chi connectivity index (χ4n) is 6.35. The smallest absolute Gasteiger partial charge is 0.410 e. The molecule has 0 bridgehead atoms. The van der Waals surface area contributed by atoms with E-state index in [1.807, 2.05) is 69.0 Å². The van der Waals surface area contributed by atoms with Crippen LogP contribution in [0.15, 0.2) is 42.7 Å². The quantitative estimate of drug-likeness (QED) is 0.137. The minimum atomic E-state index is -0.538. The van der Waals surface area contributed by atoms with Crippen LogP contribution in [0.4, 0.5) is 15.5 Å². The van der Waals surface area contributed by atoms with Crippen LogP contribution in [-0.4, -0.2) is 80.1 Å². The van der Waals surface area contributed by atoms with E-state index in [9.17, 15) is 14.4 Å². The maximum atomic E-state index is 13.4. The highest BCUT2D eigenvalue weighted by molar-refractivity contribution is 6.33. The molecule has 2 aliphatic carbocycles. The molecule has 0 radical (unpaired) electrons. The third-order valence-corrected chi connectivity index (χ3v) is 9.58. The summed E-state index contributed by atoms with van der Waals surface area (Å²) < 4.78 is 12.9. The van der Waals surface area contributed by atoms with Crippen LogP contribution in [0.5, 0.6) is 0 Å². The van der Waals surface area contributed by atoms with Crippen LogP contribution in [-0.2, 0) is 34.3 Å². The molecule has 13 nitrogen and oxygen atoms in total. The summed E-state index contributed by atoms with van der Waals surface area (Å²) in [5, 5.41) is 14.2. The van der Waals surface area contributed by atoms with Gasteiger partial charge in [0.15, 0.2) is 0 Å². The minimum absolute atomic E-state index is 0.0887. The molecule has 14 heteroatoms. The van der Waals surface area contributed by atoms with Crippen molar-refractivity contribution in [2.45, 2.75) is 109 Å². The molecule has 3 amide bonds. The standard InChI is InChI=1S/C38H53ClN8O5/c1-38(2,3)52-36(49)41-20-10-6-9-19-40-33(48)24-47(37(50)51-25-27-11-7-5-8-12-27)29-17-15-28(16-18-29)44-35-42-23-31(39)34(45-35)30-22-43-46(4)32(30)21-26-13-14-26/h5,7-8,11-12,22-23,26,28-29H,6,9-10,13-21,24-25H2,1-4H3,(H,40,48)(H,41,49)(H,42,44,45). The summed E-state index contributed by atoms with van der Waals surface area (Å²) in [7, 11) is 1.95. The van der Waals surface area contributed by atoms with Crippen LogP contribution in [0.3, 0.4) is 0 Å². The first-order valence-electron chi connectivity index (χ1n) is 18.5. The fraction of sp³-hybridized carbons (Fsp3) is 0.579. The zero-order chi connectivity index (χ0) is 37.1. The first kappa shape index (κ1) is 38.8. The lowest BCUT2D eigenvalue weighted by atomic mass is 9.90. The topological polar surface area (TPSA) is 153 Å². The van der Waals surface area contributed by atoms with E-state index >= 15 is 0 Å². The number of alkyl carbamates (subject to hydrolysis) is 1. The molecule has 2 fully saturated rings. The van der Waals surface area contributed by atoms with E-state index < -0.39 is 17.8 Å². The Morgan fingerprint density at radius 2 is 1.67 bits per heavy atom. The zero-order valence-corrected chi connectivity index (χ0v) is 31.6. The van der Waals surface area contributed by atoms with Crippen molar-refractivity contribution in [3.8, 4) is 11.3 Å². The summed E-state index contributed by atoms with van der Waals surface area (Å²) in [6.45, 7) is 6.48. The summed E-state index contributed by atoms with van der Waals surface area (Å²) in [6.07, 6.45) is 11.2. The second-order valence-electron chi connectivity index (χ2n) is 14.8. The molecule has 2 aliphatic rings. The van der Waals surface area contributed by atoms with Crippen LogP contribution in [0, 0.1) is 5.92 Å². The first-order chi connectivity index (χ1) is 24.9. The van der Waals surface area contributed by atoms with Crippen LogP contribution in [0.2, 0.25) is 5.02 Å². The third kappa shape index (κ3) is 12.1. The zero-order valence-electron chi connectivity index (χ0n) is 30.8. The summed E-state index contributed by atoms with van der Waals surface area (Å²) in [6, 6.07) is 9.43. The Hall–Kier alpha value is -4.39. The summed E-state index contributed by atoms with van der Waals surface area (Å²) in [5.74, 6) is 0.959. The Morgan fingerprint density at radius 3 is 2.37 bits per heavy atom. The minimum Gasteiger partial charge on any atom is -0.445 e. The number of aromatic nitrogens is 4. The molecule has 52 heavy (non-hydrogen) atoms. The number of ether oxygens (including phenoxy) is 2. The molecule has 2 saturated carbocycles. The molecular formula is C38H53ClN8O5. The van der Waals surface area contributed by atoms with E-state index in [4.69, 9.17) is 26.1 Å². The highest BCUT2D eigenvalue weighted by atomic mass is 35.5. The highest BCUT2D eigenvalue weighted by Crippen LogP contribution is 2.37. The van der Waals surface area contributed by atoms with Crippen molar-refractivity contribution in [3.05, 3.63) is 59.0 Å². The van der Waals surface area contributed by atoms with Crippen LogP contribution in [0.1, 0.15) is 89.8 Å². The molecule has 282 valence electrons. The van der Waals surface area contributed by atoms with E-state index in [1.165, 1.54) is 12.8 Å². The van der Waals surface area contributed by atoms with Gasteiger partial charge in [0.05, 0.1) is 23.1 Å². The van der Waals surface area contributed by atoms with Gasteiger partial charge in [0.25, 0.3) is 0 Å². The van der Waals surface area contributed by atoms with Gasteiger partial charge in [-0.1, -0.05) is 41.9 Å². The van der Waals surface area contributed by atoms with Gasteiger partial charge in [-0.2, -0.15) is 5.10 Å². The molecule has 0 saturated heterocycles. The predicted molar refractivity (Wildman–Crippen MR) is 200 cm³/mol. The highest BCUT2D eigenvalue weighted by Gasteiger charge is 2.32. The van der Waals surface area contributed by atoms with Gasteiger partial charge < -0.3 is 25.4 Å². The Kier molecular flexibility index (Phi) is 13.7. The van der Waals surface area contributed by atoms with Gasteiger partial charge in [-0.25, -0.2) is 19.6 Å². The number of aryl methyl sites for hydroxylation is 1. The third-order valence-electron chi connectivity index (χ3n) is 9.31. The van der Waals surface area contributed by atoms with Crippen molar-refractivity contribution >= 4 is 35.6 Å². The molecule has 5 rings (SSSR count). The Balaban J connectivity index is 1.12. The van der Waals surface area contributed by atoms with Crippen molar-refractivity contribution in [2.75, 3.05) is 25.0 Å². The summed E-state index contributed by atoms with van der Waals surface area (Å²) in [4.78, 5) is 49.2. The number of carbonyl (C=O) groups is 3. The number of hydrogen-bond donors (Lipinski definition) is 3. The van der Waals surface area contributed by atoms with Gasteiger partial charge in [-0.05, 0) is 96.5 Å². The van der Waals surface area contributed by atoms with Gasteiger partial charge >= 0.3 is 12.2 Å². The summed E-state index contributed by atoms with van der Waals surface area (Å²) >= 11 is 6.59. The van der Waals surface area contributed by atoms with E-state index in [-0.39, 0.29) is 31.1 Å². The number of amides is 3. The number of carbonyl (C=O) groups excluding carboxylic acids is 3. The SMILES string of the molecule is Cn1ncc(-c2nc(NC3CCC(N(CC(=O)NCCCCCNC(=O)OC(C)(C)C)C(=O)OCc4ccccc4)CC3)ncc2Cl)c1CC1CC1. The Labute approximate surface area is 311 Å². The Bertz CT molecular complexity index is 1630. The average Bonchev–Trinajstić information content (AvgIpc) is 3.87. The number of nitrogens with one attached hydrogen (secondary N) is 3. The predicted octanol–water partition coefficient (Wildman–Crippen LogP) is 6.66. The second-order valence-corrected chi connectivity index (χ2v) is 15.2. The molecular weight excluding hydrogens is 684 g/mol. The number of hydrogen-bond acceptors (Lipinski definition) is 9. The molecule has 0 atom stereocenters. The second kappa shape index (κ2) is 18.4. The van der Waals surface area contributed by atoms with Crippen molar-refractivity contribution in [1.29, 1.82) is 0 Å². The van der Waals surface area contributed by atoms with Crippen molar-refractivity contribution in [1.82, 2.24) is 35.3 Å². The van der Waals surface area contributed by atoms with E-state index in [0.29, 0.717) is 48.5 Å². The van der Waals surface area contributed by atoms with Gasteiger partial charge in [-0.15, -0.1) is 0 Å².